The Balaban J connectivity index is 1.94. The Morgan fingerprint density at radius 1 is 1.14 bits per heavy atom. The van der Waals surface area contributed by atoms with Gasteiger partial charge in [0.25, 0.3) is 0 Å². The molecule has 2 aromatic carbocycles. The number of ether oxygens (including phenoxy) is 1. The Kier molecular flexibility index (Phi) is 5.84. The molecule has 0 fully saturated rings. The van der Waals surface area contributed by atoms with Gasteiger partial charge in [0.2, 0.25) is 0 Å². The Hall–Kier alpha value is -2.98. The molecule has 0 bridgehead atoms. The Morgan fingerprint density at radius 2 is 1.77 bits per heavy atom. The van der Waals surface area contributed by atoms with Gasteiger partial charge in [0.1, 0.15) is 6.61 Å². The zero-order valence-electron chi connectivity index (χ0n) is 11.9. The van der Waals surface area contributed by atoms with Gasteiger partial charge in [-0.05, 0) is 16.7 Å². The van der Waals surface area contributed by atoms with Crippen molar-refractivity contribution in [3.05, 3.63) is 82.2 Å². The van der Waals surface area contributed by atoms with E-state index in [0.717, 1.165) is 11.1 Å². The number of rotatable bonds is 6. The van der Waals surface area contributed by atoms with Crippen molar-refractivity contribution in [3.8, 4) is 0 Å². The van der Waals surface area contributed by atoms with E-state index in [4.69, 9.17) is 10.3 Å². The molecule has 0 radical (unpaired) electrons. The predicted molar refractivity (Wildman–Crippen MR) is 83.0 cm³/mol. The summed E-state index contributed by atoms with van der Waals surface area (Å²) in [5, 5.41) is 6.24. The van der Waals surface area contributed by atoms with E-state index >= 15 is 0 Å². The topological polar surface area (TPSA) is 87.1 Å². The molecule has 0 unspecified atom stereocenters. The van der Waals surface area contributed by atoms with Crippen LogP contribution >= 0.6 is 0 Å². The van der Waals surface area contributed by atoms with Crippen LogP contribution in [0.3, 0.4) is 0 Å². The molecule has 112 valence electrons. The SMILES string of the molecule is [N-]=[N+]=NC[C@@H](NC(=O)OCc1ccccc1)c1ccccc1. The van der Waals surface area contributed by atoms with Crippen LogP contribution in [0.15, 0.2) is 65.8 Å². The molecule has 0 saturated carbocycles. The van der Waals surface area contributed by atoms with E-state index in [1.165, 1.54) is 0 Å². The van der Waals surface area contributed by atoms with E-state index in [-0.39, 0.29) is 13.2 Å². The second-order valence-electron chi connectivity index (χ2n) is 4.58. The molecule has 0 aromatic heterocycles. The molecule has 1 amide bonds. The lowest BCUT2D eigenvalue weighted by molar-refractivity contribution is 0.136. The highest BCUT2D eigenvalue weighted by Gasteiger charge is 2.14. The summed E-state index contributed by atoms with van der Waals surface area (Å²) < 4.78 is 5.18. The Labute approximate surface area is 128 Å². The number of hydrogen-bond acceptors (Lipinski definition) is 3. The first-order valence-electron chi connectivity index (χ1n) is 6.82. The second kappa shape index (κ2) is 8.34. The first-order valence-corrected chi connectivity index (χ1v) is 6.82. The smallest absolute Gasteiger partial charge is 0.407 e. The molecule has 0 aliphatic rings. The molecular formula is C16H16N4O2. The van der Waals surface area contributed by atoms with E-state index in [1.807, 2.05) is 60.7 Å². The number of carbonyl (C=O) groups is 1. The normalized spacial score (nSPS) is 11.1. The number of hydrogen-bond donors (Lipinski definition) is 1. The highest BCUT2D eigenvalue weighted by atomic mass is 16.5. The van der Waals surface area contributed by atoms with Crippen LogP contribution < -0.4 is 5.32 Å². The number of amides is 1. The summed E-state index contributed by atoms with van der Waals surface area (Å²) >= 11 is 0. The van der Waals surface area contributed by atoms with Gasteiger partial charge in [0.05, 0.1) is 12.6 Å². The quantitative estimate of drug-likeness (QED) is 0.496. The van der Waals surface area contributed by atoms with Gasteiger partial charge in [-0.25, -0.2) is 4.79 Å². The van der Waals surface area contributed by atoms with Crippen LogP contribution in [0.25, 0.3) is 10.4 Å². The zero-order valence-corrected chi connectivity index (χ0v) is 11.9. The van der Waals surface area contributed by atoms with Crippen molar-refractivity contribution in [3.63, 3.8) is 0 Å². The lowest BCUT2D eigenvalue weighted by Crippen LogP contribution is -2.30. The molecule has 0 heterocycles. The summed E-state index contributed by atoms with van der Waals surface area (Å²) in [6.45, 7) is 0.316. The molecule has 0 spiro atoms. The summed E-state index contributed by atoms with van der Waals surface area (Å²) in [5.41, 5.74) is 10.2. The van der Waals surface area contributed by atoms with Gasteiger partial charge >= 0.3 is 6.09 Å². The highest BCUT2D eigenvalue weighted by Crippen LogP contribution is 2.13. The van der Waals surface area contributed by atoms with Crippen molar-refractivity contribution < 1.29 is 9.53 Å². The molecule has 2 rings (SSSR count). The number of nitrogens with zero attached hydrogens (tertiary/aromatic N) is 3. The Morgan fingerprint density at radius 3 is 2.41 bits per heavy atom. The van der Waals surface area contributed by atoms with Gasteiger partial charge in [-0.15, -0.1) is 0 Å². The van der Waals surface area contributed by atoms with Crippen LogP contribution in [0.4, 0.5) is 4.79 Å². The largest absolute Gasteiger partial charge is 0.445 e. The average molecular weight is 296 g/mol. The highest BCUT2D eigenvalue weighted by molar-refractivity contribution is 5.68. The van der Waals surface area contributed by atoms with Crippen LogP contribution in [0.1, 0.15) is 17.2 Å². The summed E-state index contributed by atoms with van der Waals surface area (Å²) in [6, 6.07) is 18.3. The van der Waals surface area contributed by atoms with Crippen molar-refractivity contribution in [1.29, 1.82) is 0 Å². The lowest BCUT2D eigenvalue weighted by Gasteiger charge is -2.17. The number of benzene rings is 2. The summed E-state index contributed by atoms with van der Waals surface area (Å²) in [7, 11) is 0. The molecule has 1 N–H and O–H groups in total. The minimum absolute atomic E-state index is 0.126. The molecule has 0 aliphatic heterocycles. The number of carbonyl (C=O) groups excluding carboxylic acids is 1. The number of alkyl carbamates (subject to hydrolysis) is 1. The predicted octanol–water partition coefficient (Wildman–Crippen LogP) is 3.96. The number of azide groups is 1. The van der Waals surface area contributed by atoms with Crippen molar-refractivity contribution in [2.24, 2.45) is 5.11 Å². The van der Waals surface area contributed by atoms with Gasteiger partial charge < -0.3 is 10.1 Å². The van der Waals surface area contributed by atoms with E-state index in [9.17, 15) is 4.79 Å². The van der Waals surface area contributed by atoms with Gasteiger partial charge in [-0.2, -0.15) is 0 Å². The summed E-state index contributed by atoms with van der Waals surface area (Å²) in [4.78, 5) is 14.6. The van der Waals surface area contributed by atoms with Crippen molar-refractivity contribution in [1.82, 2.24) is 5.32 Å². The fourth-order valence-corrected chi connectivity index (χ4v) is 1.94. The Bertz CT molecular complexity index is 640. The van der Waals surface area contributed by atoms with E-state index in [2.05, 4.69) is 15.3 Å². The molecule has 6 heteroatoms. The molecule has 22 heavy (non-hydrogen) atoms. The zero-order chi connectivity index (χ0) is 15.6. The van der Waals surface area contributed by atoms with Gasteiger partial charge in [-0.1, -0.05) is 65.8 Å². The number of nitrogens with one attached hydrogen (secondary N) is 1. The first-order chi connectivity index (χ1) is 10.8. The third kappa shape index (κ3) is 4.85. The van der Waals surface area contributed by atoms with E-state index in [1.54, 1.807) is 0 Å². The van der Waals surface area contributed by atoms with Crippen LogP contribution in [-0.4, -0.2) is 12.6 Å². The summed E-state index contributed by atoms with van der Waals surface area (Å²) in [6.07, 6.45) is -0.550. The molecular weight excluding hydrogens is 280 g/mol. The monoisotopic (exact) mass is 296 g/mol. The maximum Gasteiger partial charge on any atom is 0.407 e. The van der Waals surface area contributed by atoms with Gasteiger partial charge in [0, 0.05) is 4.91 Å². The minimum Gasteiger partial charge on any atom is -0.445 e. The first kappa shape index (κ1) is 15.4. The molecule has 6 nitrogen and oxygen atoms in total. The van der Waals surface area contributed by atoms with Gasteiger partial charge in [0.15, 0.2) is 0 Å². The molecule has 2 aromatic rings. The fourth-order valence-electron chi connectivity index (χ4n) is 1.94. The average Bonchev–Trinajstić information content (AvgIpc) is 2.58. The third-order valence-electron chi connectivity index (χ3n) is 3.03. The fraction of sp³-hybridized carbons (Fsp3) is 0.188. The molecule has 1 atom stereocenters. The van der Waals surface area contributed by atoms with Crippen LogP contribution in [0.2, 0.25) is 0 Å². The van der Waals surface area contributed by atoms with Gasteiger partial charge in [-0.3, -0.25) is 0 Å². The van der Waals surface area contributed by atoms with Crippen molar-refractivity contribution in [2.45, 2.75) is 12.6 Å². The van der Waals surface area contributed by atoms with E-state index < -0.39 is 12.1 Å². The molecule has 0 saturated heterocycles. The standard InChI is InChI=1S/C16H16N4O2/c17-20-18-11-15(14-9-5-2-6-10-14)19-16(21)22-12-13-7-3-1-4-8-13/h1-10,15H,11-12H2,(H,19,21)/t15-/m1/s1. The third-order valence-corrected chi connectivity index (χ3v) is 3.03. The van der Waals surface area contributed by atoms with Crippen LogP contribution in [0, 0.1) is 0 Å². The van der Waals surface area contributed by atoms with Crippen molar-refractivity contribution in [2.75, 3.05) is 6.54 Å². The second-order valence-corrected chi connectivity index (χ2v) is 4.58. The van der Waals surface area contributed by atoms with Crippen LogP contribution in [-0.2, 0) is 11.3 Å². The van der Waals surface area contributed by atoms with Crippen molar-refractivity contribution >= 4 is 6.09 Å². The summed E-state index contributed by atoms with van der Waals surface area (Å²) in [5.74, 6) is 0. The van der Waals surface area contributed by atoms with Crippen LogP contribution in [0.5, 0.6) is 0 Å². The maximum atomic E-state index is 11.9. The molecule has 0 aliphatic carbocycles. The maximum absolute atomic E-state index is 11.9. The lowest BCUT2D eigenvalue weighted by atomic mass is 10.1. The minimum atomic E-state index is -0.550. The van der Waals surface area contributed by atoms with E-state index in [0.29, 0.717) is 0 Å².